The summed E-state index contributed by atoms with van der Waals surface area (Å²) >= 11 is 3.42. The highest BCUT2D eigenvalue weighted by atomic mass is 79.9. The molecule has 0 bridgehead atoms. The summed E-state index contributed by atoms with van der Waals surface area (Å²) in [7, 11) is 0. The first-order chi connectivity index (χ1) is 6.36. The van der Waals surface area contributed by atoms with Gasteiger partial charge in [-0.1, -0.05) is 34.7 Å². The van der Waals surface area contributed by atoms with Crippen molar-refractivity contribution in [2.75, 3.05) is 6.79 Å². The number of rotatable bonds is 2. The average Bonchev–Trinajstić information content (AvgIpc) is 2.63. The van der Waals surface area contributed by atoms with E-state index in [1.807, 2.05) is 18.2 Å². The lowest BCUT2D eigenvalue weighted by Crippen LogP contribution is -1.94. The SMILES string of the molecule is C=Cc1ccc2c(c1CBr)OCO2. The summed E-state index contributed by atoms with van der Waals surface area (Å²) < 4.78 is 10.6. The van der Waals surface area contributed by atoms with Crippen molar-refractivity contribution in [2.45, 2.75) is 5.33 Å². The molecule has 13 heavy (non-hydrogen) atoms. The average molecular weight is 241 g/mol. The summed E-state index contributed by atoms with van der Waals surface area (Å²) in [5.74, 6) is 1.66. The molecule has 0 fully saturated rings. The molecule has 1 aromatic rings. The van der Waals surface area contributed by atoms with Gasteiger partial charge in [-0.2, -0.15) is 0 Å². The molecule has 0 unspecified atom stereocenters. The molecular weight excluding hydrogens is 232 g/mol. The molecule has 1 aliphatic heterocycles. The van der Waals surface area contributed by atoms with Gasteiger partial charge in [0.05, 0.1) is 0 Å². The third kappa shape index (κ3) is 1.33. The zero-order valence-electron chi connectivity index (χ0n) is 7.05. The van der Waals surface area contributed by atoms with Gasteiger partial charge in [-0.25, -0.2) is 0 Å². The van der Waals surface area contributed by atoms with E-state index in [0.717, 1.165) is 28.0 Å². The Kier molecular flexibility index (Phi) is 2.27. The molecule has 0 aliphatic carbocycles. The fraction of sp³-hybridized carbons (Fsp3) is 0.200. The fourth-order valence-electron chi connectivity index (χ4n) is 1.37. The van der Waals surface area contributed by atoms with Crippen LogP contribution in [0.15, 0.2) is 18.7 Å². The van der Waals surface area contributed by atoms with Gasteiger partial charge in [0.2, 0.25) is 6.79 Å². The molecule has 0 saturated carbocycles. The summed E-state index contributed by atoms with van der Waals surface area (Å²) in [4.78, 5) is 0. The molecule has 0 atom stereocenters. The van der Waals surface area contributed by atoms with Crippen LogP contribution in [0.4, 0.5) is 0 Å². The van der Waals surface area contributed by atoms with Gasteiger partial charge in [0.1, 0.15) is 0 Å². The van der Waals surface area contributed by atoms with E-state index in [2.05, 4.69) is 22.5 Å². The van der Waals surface area contributed by atoms with Crippen molar-refractivity contribution in [3.05, 3.63) is 29.8 Å². The second-order valence-corrected chi connectivity index (χ2v) is 3.27. The molecule has 3 heteroatoms. The smallest absolute Gasteiger partial charge is 0.231 e. The molecule has 0 radical (unpaired) electrons. The predicted octanol–water partition coefficient (Wildman–Crippen LogP) is 2.95. The largest absolute Gasteiger partial charge is 0.454 e. The highest BCUT2D eigenvalue weighted by Crippen LogP contribution is 2.38. The molecule has 0 aromatic heterocycles. The number of halogens is 1. The Hall–Kier alpha value is -0.960. The van der Waals surface area contributed by atoms with E-state index in [9.17, 15) is 0 Å². The summed E-state index contributed by atoms with van der Waals surface area (Å²) in [5.41, 5.74) is 2.19. The van der Waals surface area contributed by atoms with Gasteiger partial charge < -0.3 is 9.47 Å². The molecule has 2 nitrogen and oxygen atoms in total. The maximum Gasteiger partial charge on any atom is 0.231 e. The van der Waals surface area contributed by atoms with Crippen LogP contribution in [0.2, 0.25) is 0 Å². The van der Waals surface area contributed by atoms with Crippen molar-refractivity contribution in [3.63, 3.8) is 0 Å². The van der Waals surface area contributed by atoms with Crippen LogP contribution in [0.1, 0.15) is 11.1 Å². The van der Waals surface area contributed by atoms with Gasteiger partial charge in [0, 0.05) is 10.9 Å². The molecule has 1 heterocycles. The fourth-order valence-corrected chi connectivity index (χ4v) is 1.95. The Labute approximate surface area is 85.3 Å². The molecule has 0 amide bonds. The molecular formula is C10H9BrO2. The van der Waals surface area contributed by atoms with Crippen LogP contribution in [0.3, 0.4) is 0 Å². The third-order valence-electron chi connectivity index (χ3n) is 2.03. The van der Waals surface area contributed by atoms with Gasteiger partial charge in [-0.3, -0.25) is 0 Å². The van der Waals surface area contributed by atoms with E-state index in [4.69, 9.17) is 9.47 Å². The summed E-state index contributed by atoms with van der Waals surface area (Å²) in [6.45, 7) is 4.06. The number of hydrogen-bond acceptors (Lipinski definition) is 2. The van der Waals surface area contributed by atoms with Gasteiger partial charge >= 0.3 is 0 Å². The van der Waals surface area contributed by atoms with Crippen molar-refractivity contribution in [1.82, 2.24) is 0 Å². The lowest BCUT2D eigenvalue weighted by molar-refractivity contribution is 0.173. The zero-order valence-corrected chi connectivity index (χ0v) is 8.63. The number of benzene rings is 1. The van der Waals surface area contributed by atoms with E-state index < -0.39 is 0 Å². The second kappa shape index (κ2) is 3.42. The third-order valence-corrected chi connectivity index (χ3v) is 2.59. The van der Waals surface area contributed by atoms with E-state index in [0.29, 0.717) is 6.79 Å². The summed E-state index contributed by atoms with van der Waals surface area (Å²) in [6.07, 6.45) is 1.82. The Morgan fingerprint density at radius 2 is 2.31 bits per heavy atom. The van der Waals surface area contributed by atoms with Crippen molar-refractivity contribution in [2.24, 2.45) is 0 Å². The number of alkyl halides is 1. The molecule has 68 valence electrons. The first-order valence-corrected chi connectivity index (χ1v) is 5.09. The lowest BCUT2D eigenvalue weighted by atomic mass is 10.1. The second-order valence-electron chi connectivity index (χ2n) is 2.70. The molecule has 0 saturated heterocycles. The molecule has 1 aliphatic rings. The summed E-state index contributed by atoms with van der Waals surface area (Å²) in [5, 5.41) is 0.751. The zero-order chi connectivity index (χ0) is 9.26. The Balaban J connectivity index is 2.59. The standard InChI is InChI=1S/C10H9BrO2/c1-2-7-3-4-9-10(8(7)5-11)13-6-12-9/h2-4H,1,5-6H2. The Bertz CT molecular complexity index is 347. The first-order valence-electron chi connectivity index (χ1n) is 3.96. The van der Waals surface area contributed by atoms with Crippen molar-refractivity contribution < 1.29 is 9.47 Å². The van der Waals surface area contributed by atoms with Crippen LogP contribution >= 0.6 is 15.9 Å². The molecule has 2 rings (SSSR count). The minimum Gasteiger partial charge on any atom is -0.454 e. The minimum atomic E-state index is 0.315. The monoisotopic (exact) mass is 240 g/mol. The van der Waals surface area contributed by atoms with Gasteiger partial charge in [-0.15, -0.1) is 0 Å². The molecule has 0 spiro atoms. The molecule has 0 N–H and O–H groups in total. The Morgan fingerprint density at radius 1 is 1.46 bits per heavy atom. The van der Waals surface area contributed by atoms with Gasteiger partial charge in [0.25, 0.3) is 0 Å². The van der Waals surface area contributed by atoms with Crippen LogP contribution in [-0.2, 0) is 5.33 Å². The van der Waals surface area contributed by atoms with Crippen molar-refractivity contribution in [3.8, 4) is 11.5 Å². The van der Waals surface area contributed by atoms with E-state index >= 15 is 0 Å². The minimum absolute atomic E-state index is 0.315. The maximum absolute atomic E-state index is 5.36. The number of hydrogen-bond donors (Lipinski definition) is 0. The van der Waals surface area contributed by atoms with Crippen molar-refractivity contribution in [1.29, 1.82) is 0 Å². The van der Waals surface area contributed by atoms with Crippen LogP contribution in [0.25, 0.3) is 6.08 Å². The number of ether oxygens (including phenoxy) is 2. The van der Waals surface area contributed by atoms with E-state index in [1.165, 1.54) is 0 Å². The molecule has 1 aromatic carbocycles. The van der Waals surface area contributed by atoms with E-state index in [-0.39, 0.29) is 0 Å². The predicted molar refractivity (Wildman–Crippen MR) is 55.3 cm³/mol. The van der Waals surface area contributed by atoms with Crippen LogP contribution < -0.4 is 9.47 Å². The quantitative estimate of drug-likeness (QED) is 0.741. The number of fused-ring (bicyclic) bond motifs is 1. The lowest BCUT2D eigenvalue weighted by Gasteiger charge is -2.05. The van der Waals surface area contributed by atoms with Crippen LogP contribution in [-0.4, -0.2) is 6.79 Å². The Morgan fingerprint density at radius 3 is 3.00 bits per heavy atom. The highest BCUT2D eigenvalue weighted by Gasteiger charge is 2.18. The van der Waals surface area contributed by atoms with Gasteiger partial charge in [-0.05, 0) is 11.6 Å². The van der Waals surface area contributed by atoms with E-state index in [1.54, 1.807) is 0 Å². The van der Waals surface area contributed by atoms with Gasteiger partial charge in [0.15, 0.2) is 11.5 Å². The van der Waals surface area contributed by atoms with Crippen LogP contribution in [0, 0.1) is 0 Å². The maximum atomic E-state index is 5.36. The highest BCUT2D eigenvalue weighted by molar-refractivity contribution is 9.08. The van der Waals surface area contributed by atoms with Crippen LogP contribution in [0.5, 0.6) is 11.5 Å². The summed E-state index contributed by atoms with van der Waals surface area (Å²) in [6, 6.07) is 3.89. The first kappa shape index (κ1) is 8.63. The van der Waals surface area contributed by atoms with Crippen molar-refractivity contribution >= 4 is 22.0 Å². The topological polar surface area (TPSA) is 18.5 Å². The normalized spacial score (nSPS) is 13.0.